The summed E-state index contributed by atoms with van der Waals surface area (Å²) in [6.07, 6.45) is 4.69. The van der Waals surface area contributed by atoms with Gasteiger partial charge >= 0.3 is 16.5 Å². The second kappa shape index (κ2) is 34.7. The fourth-order valence-corrected chi connectivity index (χ4v) is 13.2. The molecular weight excluding hydrogens is 1400 g/mol. The van der Waals surface area contributed by atoms with Gasteiger partial charge in [-0.25, -0.2) is 0 Å². The van der Waals surface area contributed by atoms with E-state index in [1.54, 1.807) is 87.5 Å². The first-order chi connectivity index (χ1) is 41.2. The van der Waals surface area contributed by atoms with Gasteiger partial charge in [0.25, 0.3) is 0 Å². The van der Waals surface area contributed by atoms with Crippen LogP contribution in [0.25, 0.3) is 0 Å². The average molecular weight is 1480 g/mol. The van der Waals surface area contributed by atoms with E-state index in [9.17, 15) is 30.3 Å². The van der Waals surface area contributed by atoms with Crippen LogP contribution in [0.5, 0.6) is 40.2 Å². The van der Waals surface area contributed by atoms with Gasteiger partial charge in [-0.2, -0.15) is 0 Å². The molecule has 8 rings (SSSR count). The van der Waals surface area contributed by atoms with Gasteiger partial charge in [0.2, 0.25) is 0 Å². The summed E-state index contributed by atoms with van der Waals surface area (Å²) >= 11 is 5.77. The summed E-state index contributed by atoms with van der Waals surface area (Å²) in [7, 11) is 4.33. The summed E-state index contributed by atoms with van der Waals surface area (Å²) in [6, 6.07) is 36.8. The van der Waals surface area contributed by atoms with Crippen molar-refractivity contribution in [3.05, 3.63) is 160 Å². The second-order valence-corrected chi connectivity index (χ2v) is 30.1. The molecule has 0 spiro atoms. The van der Waals surface area contributed by atoms with E-state index in [0.29, 0.717) is 67.4 Å². The smallest absolute Gasteiger partial charge is 0.872 e. The van der Waals surface area contributed by atoms with E-state index in [2.05, 4.69) is 122 Å². The number of Topliss-reactive ketones (excluding diaryl/α,β-unsaturated/α-hetero) is 1. The molecule has 0 fully saturated rings. The van der Waals surface area contributed by atoms with Crippen molar-refractivity contribution < 1.29 is 100 Å². The number of aliphatic hydroxyl groups excluding tert-OH is 1. The molecule has 0 atom stereocenters. The molecule has 0 saturated heterocycles. The van der Waals surface area contributed by atoms with E-state index in [4.69, 9.17) is 14.6 Å². The van der Waals surface area contributed by atoms with Gasteiger partial charge in [0.15, 0.2) is 0 Å². The first kappa shape index (κ1) is 79.2. The topological polar surface area (TPSA) is 208 Å². The van der Waals surface area contributed by atoms with Crippen molar-refractivity contribution in [2.45, 2.75) is 165 Å². The van der Waals surface area contributed by atoms with Crippen LogP contribution in [0.3, 0.4) is 0 Å². The molecule has 1 aliphatic rings. The van der Waals surface area contributed by atoms with E-state index in [1.807, 2.05) is 31.2 Å². The molecule has 0 saturated carbocycles. The van der Waals surface area contributed by atoms with Gasteiger partial charge in [0, 0.05) is 109 Å². The molecule has 0 aromatic heterocycles. The first-order valence-electron chi connectivity index (χ1n) is 28.8. The Morgan fingerprint density at radius 3 is 0.811 bits per heavy atom. The number of nitrogens with zero attached hydrogens (tertiary/aromatic N) is 3. The van der Waals surface area contributed by atoms with Crippen LogP contribution in [0.4, 0.5) is 0 Å². The molecule has 1 aliphatic heterocycles. The monoisotopic (exact) mass is 1480 g/mol. The quantitative estimate of drug-likeness (QED) is 0.0945. The Balaban J connectivity index is 0.000000456. The van der Waals surface area contributed by atoms with Crippen molar-refractivity contribution in [2.24, 2.45) is 20.4 Å². The van der Waals surface area contributed by atoms with E-state index in [0.717, 1.165) is 48.9 Å². The Labute approximate surface area is 592 Å². The Bertz CT molecular complexity index is 3260. The summed E-state index contributed by atoms with van der Waals surface area (Å²) in [4.78, 5) is 28.8. The van der Waals surface area contributed by atoms with Gasteiger partial charge in [-0.15, -0.1) is 17.2 Å². The number of ether oxygens (including phenoxy) is 2. The van der Waals surface area contributed by atoms with E-state index in [-0.39, 0.29) is 111 Å². The zero-order valence-electron chi connectivity index (χ0n) is 54.7. The molecule has 12 nitrogen and oxygen atoms in total. The SMILES string of the molecule is CC(C)=O.CC(CN=Cc1ccccc1[O-])(CN=Cc1ccccc1[O-])CN=Cc1ccccc1[O-].CO.COc1c2cc(C(C)(C)C)cc1Sc1cc(C(C)(C)C)cc(c1[O-])Sc1cc(C(C)(C)C)cc(c1OC)Sc1cc(C(C)(C)C)cc(c1[O-])S2.[Ni+3].[Tb]. The van der Waals surface area contributed by atoms with Crippen LogP contribution in [0, 0.1) is 44.0 Å². The number of methoxy groups -OCH3 is 2. The number of benzene rings is 7. The zero-order chi connectivity index (χ0) is 65.5. The summed E-state index contributed by atoms with van der Waals surface area (Å²) in [6.45, 7) is 32.3. The number of hydrogen-bond donors (Lipinski definition) is 1. The van der Waals surface area contributed by atoms with Gasteiger partial charge in [0.1, 0.15) is 17.3 Å². The van der Waals surface area contributed by atoms with Crippen molar-refractivity contribution in [3.63, 3.8) is 0 Å². The molecule has 0 aliphatic carbocycles. The number of rotatable bonds is 11. The predicted octanol–water partition coefficient (Wildman–Crippen LogP) is 14.7. The van der Waals surface area contributed by atoms with Crippen molar-refractivity contribution in [1.82, 2.24) is 0 Å². The third kappa shape index (κ3) is 22.6. The van der Waals surface area contributed by atoms with Crippen LogP contribution in [0.15, 0.2) is 175 Å². The van der Waals surface area contributed by atoms with Crippen LogP contribution in [0.1, 0.15) is 143 Å². The predicted molar refractivity (Wildman–Crippen MR) is 357 cm³/mol. The number of carbonyl (C=O) groups is 1. The fraction of sp³-hybridized carbons (Fsp3) is 0.361. The van der Waals surface area contributed by atoms with Crippen LogP contribution < -0.4 is 35.0 Å². The fourth-order valence-electron chi connectivity index (χ4n) is 8.53. The molecule has 18 heteroatoms. The van der Waals surface area contributed by atoms with Crippen LogP contribution >= 0.6 is 47.0 Å². The maximum Gasteiger partial charge on any atom is 3.00 e. The van der Waals surface area contributed by atoms with Crippen molar-refractivity contribution in [1.29, 1.82) is 0 Å². The minimum absolute atomic E-state index is 0. The van der Waals surface area contributed by atoms with E-state index < -0.39 is 5.41 Å². The molecule has 1 heterocycles. The minimum Gasteiger partial charge on any atom is -0.872 e. The molecule has 486 valence electrons. The van der Waals surface area contributed by atoms with Gasteiger partial charge in [-0.1, -0.05) is 221 Å². The Kier molecular flexibility index (Phi) is 30.6. The third-order valence-corrected chi connectivity index (χ3v) is 17.9. The van der Waals surface area contributed by atoms with Crippen LogP contribution in [-0.4, -0.2) is 70.5 Å². The van der Waals surface area contributed by atoms with E-state index >= 15 is 0 Å². The third-order valence-electron chi connectivity index (χ3n) is 13.7. The Hall–Kier alpha value is -5.04. The number of aliphatic hydroxyl groups is 1. The van der Waals surface area contributed by atoms with Gasteiger partial charge in [-0.3, -0.25) is 15.0 Å². The summed E-state index contributed by atoms with van der Waals surface area (Å²) in [5, 5.41) is 71.8. The molecule has 7 aromatic rings. The van der Waals surface area contributed by atoms with Crippen molar-refractivity contribution in [2.75, 3.05) is 41.0 Å². The van der Waals surface area contributed by atoms with Gasteiger partial charge in [0.05, 0.1) is 33.8 Å². The largest absolute Gasteiger partial charge is 3.00 e. The second-order valence-electron chi connectivity index (χ2n) is 25.8. The normalized spacial score (nSPS) is 13.1. The molecule has 8 bridgehead atoms. The minimum atomic E-state index is -0.475. The number of carbonyl (C=O) groups excluding carboxylic acids is 1. The average Bonchev–Trinajstić information content (AvgIpc) is 0.847. The molecular formula is C72H84N3NiO9S4Tb-2. The molecule has 1 N–H and O–H groups in total. The Morgan fingerprint density at radius 2 is 0.622 bits per heavy atom. The standard InChI is InChI=1S/C42H52O4S4.C26H27N3O3.C3H6O.CH4O.Ni.Tb/c1-39(2,3)23-15-27-35(43)28(16-23)48-32-20-26(42(10,11)12)22-34(38(32)46-14)50-30-18-24(40(4,5)6)17-29(36(30)44)49-33-21-25(41(7,8)9)19-31(47-27)37(33)45-13;1-26(17-27-14-20-8-2-5-11-23(20)30,18-28-15-21-9-3-6-12-24(21)31)19-29-16-22-10-4-7-13-25(22)32;1-3(2)4;1-2;;/h15-22,43-44H,1-14H3;2-16,30-32H,17-19H2,1H3;1-2H3;2H,1H3;;/q;;;;+3;/p-5. The van der Waals surface area contributed by atoms with Crippen LogP contribution in [-0.2, 0) is 42.9 Å². The molecule has 90 heavy (non-hydrogen) atoms. The first-order valence-corrected chi connectivity index (χ1v) is 32.0. The van der Waals surface area contributed by atoms with Crippen molar-refractivity contribution >= 4 is 71.5 Å². The number of para-hydroxylation sites is 3. The van der Waals surface area contributed by atoms with Gasteiger partial charge < -0.3 is 44.9 Å². The molecule has 7 aromatic carbocycles. The van der Waals surface area contributed by atoms with Crippen molar-refractivity contribution in [3.8, 4) is 40.2 Å². The van der Waals surface area contributed by atoms with E-state index in [1.165, 1.54) is 79.1 Å². The number of aliphatic imine (C=N–C) groups is 3. The number of hydrogen-bond acceptors (Lipinski definition) is 16. The summed E-state index contributed by atoms with van der Waals surface area (Å²) < 4.78 is 12.3. The molecule has 0 unspecified atom stereocenters. The summed E-state index contributed by atoms with van der Waals surface area (Å²) in [5.74, 6) is 1.15. The van der Waals surface area contributed by atoms with Gasteiger partial charge in [-0.05, 0) is 123 Å². The Morgan fingerprint density at radius 1 is 0.422 bits per heavy atom. The summed E-state index contributed by atoms with van der Waals surface area (Å²) in [5.41, 5.74) is 4.64. The number of fused-ring (bicyclic) bond motifs is 8. The number of ketones is 1. The zero-order valence-corrected chi connectivity index (χ0v) is 61.1. The molecule has 0 amide bonds. The maximum atomic E-state index is 14.5. The molecule has 2 radical (unpaired) electrons. The maximum absolute atomic E-state index is 14.5. The van der Waals surface area contributed by atoms with Crippen LogP contribution in [0.2, 0.25) is 0 Å².